The molecule has 4 heteroatoms. The molecule has 0 saturated carbocycles. The van der Waals surface area contributed by atoms with Crippen molar-refractivity contribution in [2.45, 2.75) is 29.2 Å². The smallest absolute Gasteiger partial charge is 0.0903 e. The van der Waals surface area contributed by atoms with E-state index in [0.29, 0.717) is 9.96 Å². The van der Waals surface area contributed by atoms with Crippen LogP contribution >= 0.6 is 43.3 Å². The SMILES string of the molecule is ClC1SCCC1S1(Cl)CCCC1. The minimum Gasteiger partial charge on any atom is -0.158 e. The van der Waals surface area contributed by atoms with Gasteiger partial charge in [0.25, 0.3) is 0 Å². The lowest BCUT2D eigenvalue weighted by Crippen LogP contribution is -2.19. The molecule has 0 N–H and O–H groups in total. The molecule has 0 nitrogen and oxygen atoms in total. The molecule has 0 amide bonds. The van der Waals surface area contributed by atoms with Crippen LogP contribution in [0.5, 0.6) is 0 Å². The average molecular weight is 245 g/mol. The van der Waals surface area contributed by atoms with E-state index < -0.39 is 9.24 Å². The lowest BCUT2D eigenvalue weighted by atomic mass is 10.4. The van der Waals surface area contributed by atoms with Crippen LogP contribution in [0, 0.1) is 0 Å². The Morgan fingerprint density at radius 1 is 1.25 bits per heavy atom. The first-order valence-electron chi connectivity index (χ1n) is 4.45. The van der Waals surface area contributed by atoms with Crippen LogP contribution in [-0.4, -0.2) is 27.2 Å². The van der Waals surface area contributed by atoms with Crippen LogP contribution in [0.4, 0.5) is 0 Å². The van der Waals surface area contributed by atoms with Gasteiger partial charge in [-0.05, 0) is 36.5 Å². The highest BCUT2D eigenvalue weighted by atomic mass is 35.7. The van der Waals surface area contributed by atoms with Crippen LogP contribution in [0.15, 0.2) is 0 Å². The van der Waals surface area contributed by atoms with Crippen molar-refractivity contribution in [1.82, 2.24) is 0 Å². The van der Waals surface area contributed by atoms with Gasteiger partial charge in [-0.3, -0.25) is 0 Å². The third kappa shape index (κ3) is 1.73. The van der Waals surface area contributed by atoms with Crippen molar-refractivity contribution in [1.29, 1.82) is 0 Å². The molecule has 0 spiro atoms. The third-order valence-electron chi connectivity index (χ3n) is 2.73. The minimum atomic E-state index is -0.812. The summed E-state index contributed by atoms with van der Waals surface area (Å²) in [6.45, 7) is 0. The van der Waals surface area contributed by atoms with Crippen molar-refractivity contribution in [2.24, 2.45) is 0 Å². The second-order valence-corrected chi connectivity index (χ2v) is 10.4. The van der Waals surface area contributed by atoms with E-state index in [4.69, 9.17) is 22.3 Å². The maximum Gasteiger partial charge on any atom is 0.0903 e. The summed E-state index contributed by atoms with van der Waals surface area (Å²) in [5.41, 5.74) is 0. The van der Waals surface area contributed by atoms with E-state index >= 15 is 0 Å². The highest BCUT2D eigenvalue weighted by molar-refractivity contribution is 8.51. The maximum absolute atomic E-state index is 6.66. The van der Waals surface area contributed by atoms with Gasteiger partial charge in [0.2, 0.25) is 0 Å². The summed E-state index contributed by atoms with van der Waals surface area (Å²) < 4.78 is 0.315. The van der Waals surface area contributed by atoms with Gasteiger partial charge >= 0.3 is 0 Å². The van der Waals surface area contributed by atoms with E-state index in [0.717, 1.165) is 0 Å². The van der Waals surface area contributed by atoms with Crippen LogP contribution in [0.2, 0.25) is 0 Å². The molecule has 2 fully saturated rings. The van der Waals surface area contributed by atoms with Gasteiger partial charge in [-0.2, -0.15) is 9.24 Å². The second-order valence-electron chi connectivity index (χ2n) is 3.51. The number of rotatable bonds is 1. The van der Waals surface area contributed by atoms with Crippen LogP contribution < -0.4 is 0 Å². The van der Waals surface area contributed by atoms with Crippen molar-refractivity contribution < 1.29 is 0 Å². The number of alkyl halides is 1. The summed E-state index contributed by atoms with van der Waals surface area (Å²) in [6, 6.07) is 0. The zero-order valence-electron chi connectivity index (χ0n) is 6.97. The molecule has 0 aromatic carbocycles. The summed E-state index contributed by atoms with van der Waals surface area (Å²) in [5, 5.41) is 0.647. The minimum absolute atomic E-state index is 0.315. The normalized spacial score (nSPS) is 43.2. The molecule has 0 bridgehead atoms. The van der Waals surface area contributed by atoms with Crippen molar-refractivity contribution in [3.8, 4) is 0 Å². The molecule has 0 aromatic rings. The molecule has 2 heterocycles. The van der Waals surface area contributed by atoms with E-state index in [1.807, 2.05) is 11.8 Å². The van der Waals surface area contributed by atoms with Crippen LogP contribution in [0.25, 0.3) is 0 Å². The highest BCUT2D eigenvalue weighted by Gasteiger charge is 2.41. The first kappa shape index (κ1) is 9.82. The number of hydrogen-bond donors (Lipinski definition) is 0. The van der Waals surface area contributed by atoms with Gasteiger partial charge in [0.1, 0.15) is 0 Å². The monoisotopic (exact) mass is 244 g/mol. The van der Waals surface area contributed by atoms with Gasteiger partial charge in [-0.15, -0.1) is 23.4 Å². The van der Waals surface area contributed by atoms with E-state index in [-0.39, 0.29) is 0 Å². The first-order chi connectivity index (χ1) is 5.72. The van der Waals surface area contributed by atoms with Crippen molar-refractivity contribution in [3.05, 3.63) is 0 Å². The molecular formula is C8H14Cl2S2. The topological polar surface area (TPSA) is 0 Å². The molecule has 2 aliphatic heterocycles. The summed E-state index contributed by atoms with van der Waals surface area (Å²) >= 11 is 8.14. The predicted molar refractivity (Wildman–Crippen MR) is 62.9 cm³/mol. The molecule has 12 heavy (non-hydrogen) atoms. The van der Waals surface area contributed by atoms with Gasteiger partial charge in [0, 0.05) is 5.25 Å². The Morgan fingerprint density at radius 2 is 1.92 bits per heavy atom. The van der Waals surface area contributed by atoms with Gasteiger partial charge < -0.3 is 0 Å². The van der Waals surface area contributed by atoms with E-state index in [2.05, 4.69) is 0 Å². The molecule has 2 rings (SSSR count). The largest absolute Gasteiger partial charge is 0.158 e. The van der Waals surface area contributed by atoms with Crippen molar-refractivity contribution >= 4 is 43.3 Å². The van der Waals surface area contributed by atoms with Gasteiger partial charge in [0.05, 0.1) is 4.71 Å². The first-order valence-corrected chi connectivity index (χ1v) is 8.80. The van der Waals surface area contributed by atoms with E-state index in [1.54, 1.807) is 0 Å². The predicted octanol–water partition coefficient (Wildman–Crippen LogP) is 3.81. The summed E-state index contributed by atoms with van der Waals surface area (Å²) in [4.78, 5) is 0. The number of hydrogen-bond acceptors (Lipinski definition) is 1. The zero-order chi connectivity index (χ0) is 8.60. The number of halogens is 2. The fourth-order valence-electron chi connectivity index (χ4n) is 2.03. The summed E-state index contributed by atoms with van der Waals surface area (Å²) in [7, 11) is 5.85. The molecule has 2 atom stereocenters. The van der Waals surface area contributed by atoms with Crippen LogP contribution in [0.1, 0.15) is 19.3 Å². The van der Waals surface area contributed by atoms with Crippen LogP contribution in [-0.2, 0) is 0 Å². The Hall–Kier alpha value is 1.28. The van der Waals surface area contributed by atoms with Crippen molar-refractivity contribution in [2.75, 3.05) is 17.3 Å². The maximum atomic E-state index is 6.66. The average Bonchev–Trinajstić information content (AvgIpc) is 2.59. The summed E-state index contributed by atoms with van der Waals surface area (Å²) in [5.74, 6) is 3.76. The fraction of sp³-hybridized carbons (Fsp3) is 1.00. The van der Waals surface area contributed by atoms with Gasteiger partial charge in [-0.25, -0.2) is 0 Å². The zero-order valence-corrected chi connectivity index (χ0v) is 10.1. The quantitative estimate of drug-likeness (QED) is 0.633. The Balaban J connectivity index is 2.06. The fourth-order valence-corrected chi connectivity index (χ4v) is 9.67. The Kier molecular flexibility index (Phi) is 3.11. The van der Waals surface area contributed by atoms with Crippen molar-refractivity contribution in [3.63, 3.8) is 0 Å². The molecule has 2 saturated heterocycles. The van der Waals surface area contributed by atoms with E-state index in [1.165, 1.54) is 36.5 Å². The van der Waals surface area contributed by atoms with Gasteiger partial charge in [0.15, 0.2) is 0 Å². The molecular weight excluding hydrogens is 231 g/mol. The van der Waals surface area contributed by atoms with Crippen LogP contribution in [0.3, 0.4) is 0 Å². The third-order valence-corrected chi connectivity index (χ3v) is 9.99. The number of thioether (sulfide) groups is 1. The standard InChI is InChI=1S/C8H14Cl2S2/c9-8-7(3-4-11-8)12(10)5-1-2-6-12/h7-8H,1-6H2. The lowest BCUT2D eigenvalue weighted by Gasteiger charge is -2.35. The molecule has 72 valence electrons. The molecule has 0 aromatic heterocycles. The Morgan fingerprint density at radius 3 is 2.42 bits per heavy atom. The second kappa shape index (κ2) is 3.80. The van der Waals surface area contributed by atoms with Gasteiger partial charge in [-0.1, -0.05) is 10.7 Å². The molecule has 2 aliphatic rings. The summed E-state index contributed by atoms with van der Waals surface area (Å²) in [6.07, 6.45) is 3.94. The molecule has 0 radical (unpaired) electrons. The molecule has 0 aliphatic carbocycles. The highest BCUT2D eigenvalue weighted by Crippen LogP contribution is 2.66. The Bertz CT molecular complexity index is 168. The molecule has 2 unspecified atom stereocenters. The van der Waals surface area contributed by atoms with E-state index in [9.17, 15) is 0 Å². The Labute approximate surface area is 89.6 Å². The lowest BCUT2D eigenvalue weighted by molar-refractivity contribution is 0.931.